The summed E-state index contributed by atoms with van der Waals surface area (Å²) >= 11 is 7.23. The Morgan fingerprint density at radius 1 is 1.12 bits per heavy atom. The third kappa shape index (κ3) is 4.46. The first-order valence-electron chi connectivity index (χ1n) is 7.47. The number of amides is 2. The molecular formula is C18H15ClN2O2S. The zero-order valence-corrected chi connectivity index (χ0v) is 14.3. The topological polar surface area (TPSA) is 58.5 Å². The molecule has 1 aliphatic rings. The van der Waals surface area contributed by atoms with E-state index in [1.807, 2.05) is 54.6 Å². The molecule has 1 unspecified atom stereocenters. The van der Waals surface area contributed by atoms with Gasteiger partial charge >= 0.3 is 0 Å². The van der Waals surface area contributed by atoms with Crippen LogP contribution >= 0.6 is 23.4 Å². The summed E-state index contributed by atoms with van der Waals surface area (Å²) < 4.78 is 0. The number of hydrogen-bond donors (Lipinski definition) is 1. The normalized spacial score (nSPS) is 16.8. The van der Waals surface area contributed by atoms with Crippen LogP contribution in [-0.2, 0) is 16.0 Å². The highest BCUT2D eigenvalue weighted by molar-refractivity contribution is 8.15. The highest BCUT2D eigenvalue weighted by Crippen LogP contribution is 2.27. The predicted octanol–water partition coefficient (Wildman–Crippen LogP) is 3.95. The van der Waals surface area contributed by atoms with Crippen LogP contribution in [0.3, 0.4) is 0 Å². The molecule has 2 aromatic rings. The minimum Gasteiger partial charge on any atom is -0.326 e. The van der Waals surface area contributed by atoms with Crippen LogP contribution in [0.1, 0.15) is 12.0 Å². The molecule has 0 fully saturated rings. The molecule has 0 aromatic heterocycles. The molecule has 1 heterocycles. The fraction of sp³-hybridized carbons (Fsp3) is 0.167. The number of benzene rings is 2. The lowest BCUT2D eigenvalue weighted by atomic mass is 10.2. The molecule has 1 atom stereocenters. The Morgan fingerprint density at radius 3 is 2.54 bits per heavy atom. The van der Waals surface area contributed by atoms with Crippen molar-refractivity contribution in [1.29, 1.82) is 0 Å². The number of halogens is 1. The minimum atomic E-state index is -0.448. The van der Waals surface area contributed by atoms with Crippen molar-refractivity contribution in [1.82, 2.24) is 0 Å². The number of hydrogen-bond acceptors (Lipinski definition) is 3. The van der Waals surface area contributed by atoms with Crippen LogP contribution < -0.4 is 5.32 Å². The maximum absolute atomic E-state index is 12.1. The van der Waals surface area contributed by atoms with E-state index in [4.69, 9.17) is 11.6 Å². The van der Waals surface area contributed by atoms with E-state index >= 15 is 0 Å². The van der Waals surface area contributed by atoms with Crippen LogP contribution in [0, 0.1) is 0 Å². The quantitative estimate of drug-likeness (QED) is 0.880. The van der Waals surface area contributed by atoms with E-state index in [0.717, 1.165) is 16.3 Å². The van der Waals surface area contributed by atoms with Gasteiger partial charge < -0.3 is 5.32 Å². The second-order valence-electron chi connectivity index (χ2n) is 5.37. The van der Waals surface area contributed by atoms with E-state index < -0.39 is 5.25 Å². The SMILES string of the molecule is O=C(CC1SC(Cc2ccc(Cl)cc2)=NC1=O)Nc1ccccc1. The van der Waals surface area contributed by atoms with Gasteiger partial charge in [-0.1, -0.05) is 53.7 Å². The third-order valence-electron chi connectivity index (χ3n) is 3.49. The lowest BCUT2D eigenvalue weighted by Gasteiger charge is -2.08. The zero-order chi connectivity index (χ0) is 16.9. The summed E-state index contributed by atoms with van der Waals surface area (Å²) in [4.78, 5) is 28.2. The molecule has 2 amide bonds. The number of nitrogens with zero attached hydrogens (tertiary/aromatic N) is 1. The second-order valence-corrected chi connectivity index (χ2v) is 7.08. The Bertz CT molecular complexity index is 775. The van der Waals surface area contributed by atoms with Crippen LogP contribution in [-0.4, -0.2) is 22.1 Å². The molecule has 24 heavy (non-hydrogen) atoms. The smallest absolute Gasteiger partial charge is 0.260 e. The molecule has 0 aliphatic carbocycles. The highest BCUT2D eigenvalue weighted by atomic mass is 35.5. The average Bonchev–Trinajstić information content (AvgIpc) is 2.90. The van der Waals surface area contributed by atoms with Crippen LogP contribution in [0.2, 0.25) is 5.02 Å². The molecular weight excluding hydrogens is 344 g/mol. The molecule has 3 rings (SSSR count). The Hall–Kier alpha value is -2.11. The van der Waals surface area contributed by atoms with Gasteiger partial charge in [-0.25, -0.2) is 4.99 Å². The fourth-order valence-corrected chi connectivity index (χ4v) is 3.56. The summed E-state index contributed by atoms with van der Waals surface area (Å²) in [5.74, 6) is -0.429. The number of rotatable bonds is 5. The Morgan fingerprint density at radius 2 is 1.83 bits per heavy atom. The lowest BCUT2D eigenvalue weighted by molar-refractivity contribution is -0.121. The summed E-state index contributed by atoms with van der Waals surface area (Å²) in [7, 11) is 0. The maximum atomic E-state index is 12.1. The predicted molar refractivity (Wildman–Crippen MR) is 98.7 cm³/mol. The van der Waals surface area contributed by atoms with Crippen molar-refractivity contribution in [3.8, 4) is 0 Å². The van der Waals surface area contributed by atoms with Crippen molar-refractivity contribution in [3.63, 3.8) is 0 Å². The first kappa shape index (κ1) is 16.7. The Balaban J connectivity index is 1.54. The minimum absolute atomic E-state index is 0.117. The first-order valence-corrected chi connectivity index (χ1v) is 8.73. The number of aliphatic imine (C=N–C) groups is 1. The number of para-hydroxylation sites is 1. The Kier molecular flexibility index (Phi) is 5.33. The van der Waals surface area contributed by atoms with Crippen molar-refractivity contribution in [2.24, 2.45) is 4.99 Å². The molecule has 0 bridgehead atoms. The molecule has 1 N–H and O–H groups in total. The highest BCUT2D eigenvalue weighted by Gasteiger charge is 2.30. The van der Waals surface area contributed by atoms with Gasteiger partial charge in [0.05, 0.1) is 5.04 Å². The van der Waals surface area contributed by atoms with Gasteiger partial charge in [0.2, 0.25) is 5.91 Å². The fourth-order valence-electron chi connectivity index (χ4n) is 2.32. The summed E-state index contributed by atoms with van der Waals surface area (Å²) in [5.41, 5.74) is 1.76. The number of thioether (sulfide) groups is 1. The molecule has 4 nitrogen and oxygen atoms in total. The van der Waals surface area contributed by atoms with Gasteiger partial charge in [-0.2, -0.15) is 0 Å². The number of anilines is 1. The van der Waals surface area contributed by atoms with E-state index in [0.29, 0.717) is 11.4 Å². The summed E-state index contributed by atoms with van der Waals surface area (Å²) in [5, 5.41) is 3.75. The third-order valence-corrected chi connectivity index (χ3v) is 4.90. The standard InChI is InChI=1S/C18H15ClN2O2S/c19-13-8-6-12(7-9-13)10-17-21-18(23)15(24-17)11-16(22)20-14-4-2-1-3-5-14/h1-9,15H,10-11H2,(H,20,22). The summed E-state index contributed by atoms with van der Waals surface area (Å²) in [6, 6.07) is 16.6. The van der Waals surface area contributed by atoms with Crippen molar-refractivity contribution in [2.45, 2.75) is 18.1 Å². The summed E-state index contributed by atoms with van der Waals surface area (Å²) in [6.07, 6.45) is 0.691. The largest absolute Gasteiger partial charge is 0.326 e. The molecule has 0 radical (unpaired) electrons. The Labute approximate surface area is 149 Å². The molecule has 0 saturated heterocycles. The second kappa shape index (κ2) is 7.64. The van der Waals surface area contributed by atoms with Gasteiger partial charge in [-0.15, -0.1) is 0 Å². The molecule has 1 aliphatic heterocycles. The van der Waals surface area contributed by atoms with Crippen molar-refractivity contribution in [3.05, 3.63) is 65.2 Å². The number of carbonyl (C=O) groups excluding carboxylic acids is 2. The van der Waals surface area contributed by atoms with Gasteiger partial charge in [0.1, 0.15) is 5.25 Å². The molecule has 0 saturated carbocycles. The van der Waals surface area contributed by atoms with E-state index in [1.165, 1.54) is 11.8 Å². The molecule has 0 spiro atoms. The van der Waals surface area contributed by atoms with Crippen molar-refractivity contribution in [2.75, 3.05) is 5.32 Å². The maximum Gasteiger partial charge on any atom is 0.260 e. The first-order chi connectivity index (χ1) is 11.6. The lowest BCUT2D eigenvalue weighted by Crippen LogP contribution is -2.21. The van der Waals surface area contributed by atoms with Crippen molar-refractivity contribution < 1.29 is 9.59 Å². The van der Waals surface area contributed by atoms with Crippen LogP contribution in [0.5, 0.6) is 0 Å². The van der Waals surface area contributed by atoms with Gasteiger partial charge in [0, 0.05) is 23.6 Å². The van der Waals surface area contributed by atoms with E-state index in [-0.39, 0.29) is 18.2 Å². The monoisotopic (exact) mass is 358 g/mol. The number of nitrogens with one attached hydrogen (secondary N) is 1. The molecule has 122 valence electrons. The van der Waals surface area contributed by atoms with Crippen molar-refractivity contribution >= 4 is 45.9 Å². The summed E-state index contributed by atoms with van der Waals surface area (Å²) in [6.45, 7) is 0. The molecule has 2 aromatic carbocycles. The van der Waals surface area contributed by atoms with Crippen LogP contribution in [0.15, 0.2) is 59.6 Å². The number of carbonyl (C=O) groups is 2. The van der Waals surface area contributed by atoms with E-state index in [2.05, 4.69) is 10.3 Å². The average molecular weight is 359 g/mol. The van der Waals surface area contributed by atoms with Gasteiger partial charge in [0.15, 0.2) is 0 Å². The van der Waals surface area contributed by atoms with E-state index in [1.54, 1.807) is 0 Å². The van der Waals surface area contributed by atoms with Gasteiger partial charge in [0.25, 0.3) is 5.91 Å². The van der Waals surface area contributed by atoms with Crippen LogP contribution in [0.25, 0.3) is 0 Å². The van der Waals surface area contributed by atoms with Gasteiger partial charge in [-0.05, 0) is 29.8 Å². The van der Waals surface area contributed by atoms with Crippen LogP contribution in [0.4, 0.5) is 5.69 Å². The van der Waals surface area contributed by atoms with E-state index in [9.17, 15) is 9.59 Å². The molecule has 6 heteroatoms. The zero-order valence-electron chi connectivity index (χ0n) is 12.7. The van der Waals surface area contributed by atoms with Gasteiger partial charge in [-0.3, -0.25) is 9.59 Å².